The van der Waals surface area contributed by atoms with E-state index < -0.39 is 10.8 Å². The van der Waals surface area contributed by atoms with Crippen LogP contribution < -0.4 is 10.1 Å². The number of carbonyl (C=O) groups is 1. The minimum absolute atomic E-state index is 0.00860. The Labute approximate surface area is 224 Å². The smallest absolute Gasteiger partial charge is 0.269 e. The fourth-order valence-corrected chi connectivity index (χ4v) is 5.14. The van der Waals surface area contributed by atoms with E-state index in [1.807, 2.05) is 42.5 Å². The minimum atomic E-state index is -0.477. The average Bonchev–Trinajstić information content (AvgIpc) is 2.82. The summed E-state index contributed by atoms with van der Waals surface area (Å²) in [4.78, 5) is 22.9. The SMILES string of the molecule is CCc1ccc(NC(=O)/C(C#N)=C/c2cc(I)c(OCc3ccc([N+](=O)[O-])cc3)c(I)c2)cc1. The Hall–Kier alpha value is -2.98. The van der Waals surface area contributed by atoms with E-state index in [1.165, 1.54) is 12.1 Å². The Balaban J connectivity index is 1.73. The summed E-state index contributed by atoms with van der Waals surface area (Å²) in [6, 6.07) is 19.3. The largest absolute Gasteiger partial charge is 0.487 e. The standard InChI is InChI=1S/C25H19I2N3O4/c1-2-16-3-7-20(8-4-16)29-25(31)19(14-28)11-18-12-22(26)24(23(27)13-18)34-15-17-5-9-21(10-6-17)30(32)33/h3-13H,2,15H2,1H3,(H,29,31)/b19-11+. The van der Waals surface area contributed by atoms with Crippen LogP contribution in [0.4, 0.5) is 11.4 Å². The van der Waals surface area contributed by atoms with E-state index in [2.05, 4.69) is 57.4 Å². The lowest BCUT2D eigenvalue weighted by Gasteiger charge is -2.12. The van der Waals surface area contributed by atoms with Crippen LogP contribution in [-0.4, -0.2) is 10.8 Å². The summed E-state index contributed by atoms with van der Waals surface area (Å²) in [5.74, 6) is 0.186. The maximum atomic E-state index is 12.6. The van der Waals surface area contributed by atoms with E-state index in [0.717, 1.165) is 24.7 Å². The number of nitrogens with one attached hydrogen (secondary N) is 1. The molecule has 0 heterocycles. The van der Waals surface area contributed by atoms with E-state index in [1.54, 1.807) is 18.2 Å². The van der Waals surface area contributed by atoms with Crippen LogP contribution in [0.1, 0.15) is 23.6 Å². The zero-order valence-corrected chi connectivity index (χ0v) is 22.4. The monoisotopic (exact) mass is 679 g/mol. The Bertz CT molecular complexity index is 1260. The summed E-state index contributed by atoms with van der Waals surface area (Å²) < 4.78 is 7.56. The molecule has 3 aromatic rings. The summed E-state index contributed by atoms with van der Waals surface area (Å²) in [6.45, 7) is 2.31. The first-order chi connectivity index (χ1) is 16.3. The fraction of sp³-hybridized carbons (Fsp3) is 0.120. The van der Waals surface area contributed by atoms with Gasteiger partial charge in [-0.2, -0.15) is 5.26 Å². The molecule has 1 amide bonds. The minimum Gasteiger partial charge on any atom is -0.487 e. The third-order valence-corrected chi connectivity index (χ3v) is 6.45. The lowest BCUT2D eigenvalue weighted by molar-refractivity contribution is -0.384. The molecule has 0 aliphatic carbocycles. The molecule has 3 aromatic carbocycles. The number of hydrogen-bond donors (Lipinski definition) is 1. The van der Waals surface area contributed by atoms with Gasteiger partial charge in [0.05, 0.1) is 12.1 Å². The van der Waals surface area contributed by atoms with Gasteiger partial charge in [0, 0.05) is 17.8 Å². The van der Waals surface area contributed by atoms with Gasteiger partial charge in [0.25, 0.3) is 11.6 Å². The molecule has 7 nitrogen and oxygen atoms in total. The highest BCUT2D eigenvalue weighted by molar-refractivity contribution is 14.1. The number of nitro benzene ring substituents is 1. The number of hydrogen-bond acceptors (Lipinski definition) is 5. The quantitative estimate of drug-likeness (QED) is 0.0964. The van der Waals surface area contributed by atoms with Crippen LogP contribution in [0.2, 0.25) is 0 Å². The van der Waals surface area contributed by atoms with E-state index in [0.29, 0.717) is 17.0 Å². The molecule has 0 atom stereocenters. The van der Waals surface area contributed by atoms with Gasteiger partial charge < -0.3 is 10.1 Å². The van der Waals surface area contributed by atoms with Gasteiger partial charge in [0.1, 0.15) is 24.0 Å². The number of benzene rings is 3. The van der Waals surface area contributed by atoms with Crippen molar-refractivity contribution in [3.8, 4) is 11.8 Å². The molecule has 0 unspecified atom stereocenters. The normalized spacial score (nSPS) is 10.9. The van der Waals surface area contributed by atoms with Gasteiger partial charge in [0.2, 0.25) is 0 Å². The predicted octanol–water partition coefficient (Wildman–Crippen LogP) is 6.49. The first-order valence-electron chi connectivity index (χ1n) is 10.2. The van der Waals surface area contributed by atoms with E-state index in [-0.39, 0.29) is 17.9 Å². The summed E-state index contributed by atoms with van der Waals surface area (Å²) >= 11 is 4.28. The fourth-order valence-electron chi connectivity index (χ4n) is 3.01. The van der Waals surface area contributed by atoms with Crippen molar-refractivity contribution in [1.82, 2.24) is 0 Å². The molecule has 9 heteroatoms. The van der Waals surface area contributed by atoms with E-state index >= 15 is 0 Å². The van der Waals surface area contributed by atoms with Gasteiger partial charge in [-0.05, 0) is 111 Å². The van der Waals surface area contributed by atoms with E-state index in [4.69, 9.17) is 4.74 Å². The molecule has 3 rings (SSSR count). The first-order valence-corrected chi connectivity index (χ1v) is 12.3. The van der Waals surface area contributed by atoms with E-state index in [9.17, 15) is 20.2 Å². The maximum Gasteiger partial charge on any atom is 0.269 e. The van der Waals surface area contributed by atoms with Gasteiger partial charge in [0.15, 0.2) is 0 Å². The summed E-state index contributed by atoms with van der Waals surface area (Å²) in [5.41, 5.74) is 3.31. The van der Waals surface area contributed by atoms with Crippen LogP contribution >= 0.6 is 45.2 Å². The number of nitriles is 1. The highest BCUT2D eigenvalue weighted by atomic mass is 127. The van der Waals surface area contributed by atoms with Crippen LogP contribution in [0.5, 0.6) is 5.75 Å². The van der Waals surface area contributed by atoms with Crippen molar-refractivity contribution in [3.63, 3.8) is 0 Å². The Morgan fingerprint density at radius 1 is 1.09 bits per heavy atom. The second kappa shape index (κ2) is 11.9. The number of nitrogens with zero attached hydrogens (tertiary/aromatic N) is 2. The Morgan fingerprint density at radius 2 is 1.68 bits per heavy atom. The highest BCUT2D eigenvalue weighted by Gasteiger charge is 2.13. The zero-order chi connectivity index (χ0) is 24.7. The lowest BCUT2D eigenvalue weighted by atomic mass is 10.1. The molecule has 0 aromatic heterocycles. The van der Waals surface area contributed by atoms with Gasteiger partial charge in [-0.15, -0.1) is 0 Å². The van der Waals surface area contributed by atoms with Crippen LogP contribution in [0.15, 0.2) is 66.2 Å². The molecular weight excluding hydrogens is 660 g/mol. The van der Waals surface area contributed by atoms with Crippen molar-refractivity contribution in [1.29, 1.82) is 5.26 Å². The van der Waals surface area contributed by atoms with Gasteiger partial charge in [-0.3, -0.25) is 14.9 Å². The summed E-state index contributed by atoms with van der Waals surface area (Å²) in [6.07, 6.45) is 2.45. The van der Waals surface area contributed by atoms with Crippen molar-refractivity contribution in [2.45, 2.75) is 20.0 Å². The number of ether oxygens (including phenoxy) is 1. The van der Waals surface area contributed by atoms with Crippen LogP contribution in [0.3, 0.4) is 0 Å². The summed E-state index contributed by atoms with van der Waals surface area (Å²) in [7, 11) is 0. The molecule has 0 radical (unpaired) electrons. The van der Waals surface area contributed by atoms with Gasteiger partial charge in [-0.25, -0.2) is 0 Å². The van der Waals surface area contributed by atoms with Crippen molar-refractivity contribution < 1.29 is 14.5 Å². The number of amides is 1. The second-order valence-corrected chi connectivity index (χ2v) is 9.52. The second-order valence-electron chi connectivity index (χ2n) is 7.20. The first kappa shape index (κ1) is 25.6. The Morgan fingerprint density at radius 3 is 2.21 bits per heavy atom. The number of aryl methyl sites for hydroxylation is 1. The molecule has 34 heavy (non-hydrogen) atoms. The third kappa shape index (κ3) is 6.77. The number of nitro groups is 1. The Kier molecular flexibility index (Phi) is 9.00. The average molecular weight is 679 g/mol. The number of carbonyl (C=O) groups excluding carboxylic acids is 1. The molecule has 0 saturated carbocycles. The number of anilines is 1. The van der Waals surface area contributed by atoms with Crippen LogP contribution in [0, 0.1) is 28.6 Å². The topological polar surface area (TPSA) is 105 Å². The van der Waals surface area contributed by atoms with Gasteiger partial charge >= 0.3 is 0 Å². The molecule has 172 valence electrons. The number of non-ortho nitro benzene ring substituents is 1. The molecule has 0 aliphatic heterocycles. The molecule has 0 bridgehead atoms. The van der Waals surface area contributed by atoms with Crippen molar-refractivity contribution in [2.75, 3.05) is 5.32 Å². The molecule has 0 fully saturated rings. The molecule has 0 saturated heterocycles. The molecule has 1 N–H and O–H groups in total. The number of halogens is 2. The lowest BCUT2D eigenvalue weighted by Crippen LogP contribution is -2.13. The molecular formula is C25H19I2N3O4. The zero-order valence-electron chi connectivity index (χ0n) is 18.0. The van der Waals surface area contributed by atoms with Crippen molar-refractivity contribution >= 4 is 68.5 Å². The van der Waals surface area contributed by atoms with Crippen molar-refractivity contribution in [2.24, 2.45) is 0 Å². The molecule has 0 aliphatic rings. The number of rotatable bonds is 8. The molecule has 0 spiro atoms. The predicted molar refractivity (Wildman–Crippen MR) is 147 cm³/mol. The van der Waals surface area contributed by atoms with Crippen LogP contribution in [0.25, 0.3) is 6.08 Å². The van der Waals surface area contributed by atoms with Crippen LogP contribution in [-0.2, 0) is 17.8 Å². The third-order valence-electron chi connectivity index (χ3n) is 4.85. The summed E-state index contributed by atoms with van der Waals surface area (Å²) in [5, 5.41) is 23.1. The maximum absolute atomic E-state index is 12.6. The highest BCUT2D eigenvalue weighted by Crippen LogP contribution is 2.31. The van der Waals surface area contributed by atoms with Gasteiger partial charge in [-0.1, -0.05) is 19.1 Å². The van der Waals surface area contributed by atoms with Crippen molar-refractivity contribution in [3.05, 3.63) is 100 Å².